The van der Waals surface area contributed by atoms with Crippen LogP contribution in [0.1, 0.15) is 0 Å². The van der Waals surface area contributed by atoms with Gasteiger partial charge in [0.05, 0.1) is 0 Å². The second-order valence-corrected chi connectivity index (χ2v) is 2.46. The van der Waals surface area contributed by atoms with E-state index in [2.05, 4.69) is 11.6 Å². The summed E-state index contributed by atoms with van der Waals surface area (Å²) in [5.74, 6) is 0. The fraction of sp³-hybridized carbons (Fsp3) is 1.00. The van der Waals surface area contributed by atoms with Crippen molar-refractivity contribution in [3.05, 3.63) is 0 Å². The van der Waals surface area contributed by atoms with E-state index in [9.17, 15) is 17.6 Å². The minimum Gasteiger partial charge on any atom is -0.214 e. The zero-order valence-electron chi connectivity index (χ0n) is 3.47. The number of hydrogen-bond acceptors (Lipinski definition) is 0. The lowest BCUT2D eigenvalue weighted by Crippen LogP contribution is -1.85. The van der Waals surface area contributed by atoms with Crippen LogP contribution in [0.2, 0.25) is 0 Å². The standard InChI is InChI=1S/CBrClF2.CH2F2/c2-1(3,4)5;2-1-3/h;1H2. The average molecular weight is 217 g/mol. The number of hydrogen-bond donors (Lipinski definition) is 0. The fourth-order valence-electron chi connectivity index (χ4n) is 0. The third-order valence-electron chi connectivity index (χ3n) is 0. The van der Waals surface area contributed by atoms with Crippen LogP contribution in [0, 0.1) is 0 Å². The molecule has 0 bridgehead atoms. The Morgan fingerprint density at radius 1 is 1.38 bits per heavy atom. The van der Waals surface area contributed by atoms with Crippen molar-refractivity contribution >= 4 is 27.5 Å². The molecule has 0 atom stereocenters. The molecule has 0 aliphatic carbocycles. The summed E-state index contributed by atoms with van der Waals surface area (Å²) in [7, 11) is 0. The highest BCUT2D eigenvalue weighted by molar-refractivity contribution is 9.10. The highest BCUT2D eigenvalue weighted by atomic mass is 79.9. The first kappa shape index (κ1) is 11.3. The van der Waals surface area contributed by atoms with Crippen molar-refractivity contribution < 1.29 is 17.6 Å². The Morgan fingerprint density at radius 2 is 1.38 bits per heavy atom. The van der Waals surface area contributed by atoms with Crippen molar-refractivity contribution in [3.63, 3.8) is 0 Å². The molecular formula is C2H2BrClF4. The Kier molecular flexibility index (Phi) is 7.95. The van der Waals surface area contributed by atoms with Crippen molar-refractivity contribution in [2.24, 2.45) is 0 Å². The van der Waals surface area contributed by atoms with Gasteiger partial charge in [-0.3, -0.25) is 0 Å². The highest BCUT2D eigenvalue weighted by Crippen LogP contribution is 2.25. The quantitative estimate of drug-likeness (QED) is 0.432. The summed E-state index contributed by atoms with van der Waals surface area (Å²) in [4.78, 5) is 0. The molecule has 8 heavy (non-hydrogen) atoms. The maximum Gasteiger partial charge on any atom is 0.378 e. The van der Waals surface area contributed by atoms with Gasteiger partial charge in [-0.05, 0) is 11.6 Å². The molecule has 0 aliphatic rings. The van der Waals surface area contributed by atoms with Crippen LogP contribution in [0.4, 0.5) is 17.6 Å². The van der Waals surface area contributed by atoms with Crippen molar-refractivity contribution in [2.45, 2.75) is 4.29 Å². The van der Waals surface area contributed by atoms with Crippen LogP contribution in [0.15, 0.2) is 0 Å². The molecule has 0 aromatic carbocycles. The van der Waals surface area contributed by atoms with Crippen molar-refractivity contribution in [1.82, 2.24) is 0 Å². The van der Waals surface area contributed by atoms with E-state index >= 15 is 0 Å². The minimum absolute atomic E-state index is 1.75. The largest absolute Gasteiger partial charge is 0.378 e. The maximum absolute atomic E-state index is 10.7. The van der Waals surface area contributed by atoms with Gasteiger partial charge in [0.25, 0.3) is 0 Å². The first-order valence-electron chi connectivity index (χ1n) is 1.29. The third-order valence-corrected chi connectivity index (χ3v) is 0. The smallest absolute Gasteiger partial charge is 0.214 e. The van der Waals surface area contributed by atoms with Gasteiger partial charge in [0.15, 0.2) is 0 Å². The Balaban J connectivity index is 0. The van der Waals surface area contributed by atoms with Gasteiger partial charge in [-0.1, -0.05) is 0 Å². The SMILES string of the molecule is FC(F)(Cl)Br.FCF. The molecule has 0 spiro atoms. The topological polar surface area (TPSA) is 0 Å². The van der Waals surface area contributed by atoms with E-state index in [0.29, 0.717) is 0 Å². The van der Waals surface area contributed by atoms with Gasteiger partial charge >= 0.3 is 4.29 Å². The molecular weight excluding hydrogens is 215 g/mol. The van der Waals surface area contributed by atoms with Gasteiger partial charge in [-0.15, -0.1) is 0 Å². The van der Waals surface area contributed by atoms with E-state index in [0.717, 1.165) is 0 Å². The summed E-state index contributed by atoms with van der Waals surface area (Å²) in [6, 6.07) is 0. The molecule has 6 heteroatoms. The molecule has 0 N–H and O–H groups in total. The summed E-state index contributed by atoms with van der Waals surface area (Å²) in [5.41, 5.74) is 0. The Labute approximate surface area is 56.9 Å². The van der Waals surface area contributed by atoms with Crippen LogP contribution >= 0.6 is 27.5 Å². The zero-order valence-corrected chi connectivity index (χ0v) is 5.82. The predicted molar refractivity (Wildman–Crippen MR) is 26.8 cm³/mol. The highest BCUT2D eigenvalue weighted by Gasteiger charge is 2.16. The van der Waals surface area contributed by atoms with Crippen LogP contribution in [0.25, 0.3) is 0 Å². The van der Waals surface area contributed by atoms with E-state index in [-0.39, 0.29) is 0 Å². The Hall–Kier alpha value is 0.490. The molecule has 0 unspecified atom stereocenters. The van der Waals surface area contributed by atoms with E-state index in [1.54, 1.807) is 0 Å². The monoisotopic (exact) mass is 216 g/mol. The van der Waals surface area contributed by atoms with Crippen LogP contribution in [0.3, 0.4) is 0 Å². The lowest BCUT2D eigenvalue weighted by atomic mass is 11.7. The van der Waals surface area contributed by atoms with Crippen LogP contribution in [0.5, 0.6) is 0 Å². The van der Waals surface area contributed by atoms with E-state index < -0.39 is 11.2 Å². The first-order chi connectivity index (χ1) is 3.41. The Morgan fingerprint density at radius 3 is 1.38 bits per heavy atom. The van der Waals surface area contributed by atoms with Gasteiger partial charge in [-0.25, -0.2) is 8.78 Å². The molecule has 0 rings (SSSR count). The zero-order chi connectivity index (χ0) is 7.21. The van der Waals surface area contributed by atoms with E-state index in [1.807, 2.05) is 15.9 Å². The maximum atomic E-state index is 10.7. The molecule has 0 nitrogen and oxygen atoms in total. The van der Waals surface area contributed by atoms with Gasteiger partial charge < -0.3 is 0 Å². The second kappa shape index (κ2) is 5.62. The van der Waals surface area contributed by atoms with Gasteiger partial charge in [0.2, 0.25) is 6.93 Å². The van der Waals surface area contributed by atoms with Gasteiger partial charge in [0, 0.05) is 15.9 Å². The van der Waals surface area contributed by atoms with E-state index in [4.69, 9.17) is 0 Å². The minimum atomic E-state index is -3.22. The first-order valence-corrected chi connectivity index (χ1v) is 2.46. The van der Waals surface area contributed by atoms with Gasteiger partial charge in [-0.2, -0.15) is 8.78 Å². The molecule has 0 aliphatic heterocycles. The summed E-state index contributed by atoms with van der Waals surface area (Å²) >= 11 is 5.92. The van der Waals surface area contributed by atoms with Crippen molar-refractivity contribution in [2.75, 3.05) is 6.93 Å². The number of rotatable bonds is 0. The molecule has 0 aromatic rings. The summed E-state index contributed by atoms with van der Waals surface area (Å²) in [5, 5.41) is 0. The van der Waals surface area contributed by atoms with Crippen molar-refractivity contribution in [3.8, 4) is 0 Å². The fourth-order valence-corrected chi connectivity index (χ4v) is 0. The lowest BCUT2D eigenvalue weighted by molar-refractivity contribution is 0.212. The van der Waals surface area contributed by atoms with Crippen LogP contribution < -0.4 is 0 Å². The molecule has 0 saturated heterocycles. The van der Waals surface area contributed by atoms with Crippen LogP contribution in [-0.4, -0.2) is 11.2 Å². The number of alkyl halides is 6. The summed E-state index contributed by atoms with van der Waals surface area (Å²) in [6.45, 7) is -1.75. The average Bonchev–Trinajstić information content (AvgIpc) is 1.27. The normalized spacial score (nSPS) is 9.75. The van der Waals surface area contributed by atoms with Crippen LogP contribution in [-0.2, 0) is 0 Å². The summed E-state index contributed by atoms with van der Waals surface area (Å²) in [6.07, 6.45) is 0. The third kappa shape index (κ3) is 815. The number of halogens is 6. The summed E-state index contributed by atoms with van der Waals surface area (Å²) < 4.78 is 37.4. The molecule has 52 valence electrons. The van der Waals surface area contributed by atoms with Gasteiger partial charge in [0.1, 0.15) is 0 Å². The molecule has 0 aromatic heterocycles. The molecule has 0 radical (unpaired) electrons. The predicted octanol–water partition coefficient (Wildman–Crippen LogP) is 3.05. The molecule has 0 fully saturated rings. The lowest BCUT2D eigenvalue weighted by Gasteiger charge is -1.87. The molecule has 0 saturated carbocycles. The van der Waals surface area contributed by atoms with E-state index in [1.165, 1.54) is 0 Å². The Bertz CT molecular complexity index is 37.8. The second-order valence-electron chi connectivity index (χ2n) is 0.530. The molecule has 0 heterocycles. The van der Waals surface area contributed by atoms with Crippen molar-refractivity contribution in [1.29, 1.82) is 0 Å². The molecule has 0 amide bonds.